The minimum atomic E-state index is -4.13. The van der Waals surface area contributed by atoms with E-state index in [4.69, 9.17) is 11.6 Å². The second kappa shape index (κ2) is 5.60. The summed E-state index contributed by atoms with van der Waals surface area (Å²) >= 11 is 6.04. The van der Waals surface area contributed by atoms with Gasteiger partial charge < -0.3 is 0 Å². The first-order valence-corrected chi connectivity index (χ1v) is 9.50. The number of halogens is 2. The number of nitrogens with zero attached hydrogens (tertiary/aromatic N) is 1. The molecule has 26 heavy (non-hydrogen) atoms. The third-order valence-electron chi connectivity index (χ3n) is 4.73. The predicted octanol–water partition coefficient (Wildman–Crippen LogP) is 1.93. The van der Waals surface area contributed by atoms with Crippen molar-refractivity contribution in [1.29, 1.82) is 0 Å². The van der Waals surface area contributed by atoms with Gasteiger partial charge in [0.2, 0.25) is 15.9 Å². The molecular formula is C17H12ClFN2O4S. The molecule has 0 radical (unpaired) electrons. The highest BCUT2D eigenvalue weighted by Crippen LogP contribution is 2.49. The van der Waals surface area contributed by atoms with Gasteiger partial charge in [0.1, 0.15) is 5.82 Å². The molecule has 2 heterocycles. The lowest BCUT2D eigenvalue weighted by atomic mass is 9.87. The highest BCUT2D eigenvalue weighted by molar-refractivity contribution is 7.89. The van der Waals surface area contributed by atoms with E-state index in [0.29, 0.717) is 0 Å². The molecule has 1 N–H and O–H groups in total. The zero-order chi connectivity index (χ0) is 18.7. The summed E-state index contributed by atoms with van der Waals surface area (Å²) in [5.74, 6) is -2.03. The summed E-state index contributed by atoms with van der Waals surface area (Å²) in [7, 11) is -4.13. The molecule has 0 aliphatic carbocycles. The van der Waals surface area contributed by atoms with E-state index in [1.165, 1.54) is 30.3 Å². The first kappa shape index (κ1) is 17.1. The zero-order valence-electron chi connectivity index (χ0n) is 13.2. The normalized spacial score (nSPS) is 24.1. The Kier molecular flexibility index (Phi) is 3.69. The van der Waals surface area contributed by atoms with Gasteiger partial charge in [-0.05, 0) is 18.2 Å². The number of fused-ring (bicyclic) bond motifs is 2. The van der Waals surface area contributed by atoms with Crippen LogP contribution in [0.4, 0.5) is 4.39 Å². The number of hydrogen-bond donors (Lipinski definition) is 1. The summed E-state index contributed by atoms with van der Waals surface area (Å²) in [6, 6.07) is 9.96. The summed E-state index contributed by atoms with van der Waals surface area (Å²) in [6.45, 7) is -0.469. The Bertz CT molecular complexity index is 1050. The Balaban J connectivity index is 1.96. The largest absolute Gasteiger partial charge is 0.294 e. The molecule has 0 saturated carbocycles. The molecule has 2 aliphatic heterocycles. The van der Waals surface area contributed by atoms with Crippen LogP contribution in [0.3, 0.4) is 0 Å². The van der Waals surface area contributed by atoms with E-state index in [1.54, 1.807) is 6.07 Å². The molecule has 0 bridgehead atoms. The van der Waals surface area contributed by atoms with Gasteiger partial charge in [-0.1, -0.05) is 35.9 Å². The molecule has 2 amide bonds. The number of imide groups is 1. The van der Waals surface area contributed by atoms with Crippen LogP contribution in [0.2, 0.25) is 5.02 Å². The molecule has 6 nitrogen and oxygen atoms in total. The Hall–Kier alpha value is -2.29. The van der Waals surface area contributed by atoms with E-state index in [2.05, 4.69) is 5.32 Å². The van der Waals surface area contributed by atoms with Gasteiger partial charge in [-0.25, -0.2) is 12.8 Å². The Labute approximate surface area is 153 Å². The minimum absolute atomic E-state index is 0.0380. The van der Waals surface area contributed by atoms with Crippen LogP contribution in [0.25, 0.3) is 0 Å². The molecule has 1 unspecified atom stereocenters. The van der Waals surface area contributed by atoms with Gasteiger partial charge in [0.15, 0.2) is 5.54 Å². The fraction of sp³-hybridized carbons (Fsp3) is 0.176. The van der Waals surface area contributed by atoms with Crippen molar-refractivity contribution in [2.24, 2.45) is 0 Å². The van der Waals surface area contributed by atoms with Crippen LogP contribution in [0.1, 0.15) is 17.5 Å². The van der Waals surface area contributed by atoms with Crippen LogP contribution in [0.5, 0.6) is 0 Å². The minimum Gasteiger partial charge on any atom is -0.294 e. The van der Waals surface area contributed by atoms with Crippen LogP contribution in [0.15, 0.2) is 47.4 Å². The van der Waals surface area contributed by atoms with Gasteiger partial charge in [0.05, 0.1) is 11.3 Å². The molecule has 0 aromatic heterocycles. The lowest BCUT2D eigenvalue weighted by Crippen LogP contribution is -2.48. The summed E-state index contributed by atoms with van der Waals surface area (Å²) in [6.07, 6.45) is -0.367. The summed E-state index contributed by atoms with van der Waals surface area (Å²) in [4.78, 5) is 24.5. The number of rotatable bonds is 2. The second-order valence-electron chi connectivity index (χ2n) is 6.12. The van der Waals surface area contributed by atoms with Crippen molar-refractivity contribution in [1.82, 2.24) is 9.62 Å². The van der Waals surface area contributed by atoms with Crippen molar-refractivity contribution < 1.29 is 22.4 Å². The number of amides is 2. The average molecular weight is 395 g/mol. The topological polar surface area (TPSA) is 83.5 Å². The maximum absolute atomic E-state index is 14.3. The molecule has 1 spiro atoms. The second-order valence-corrected chi connectivity index (χ2v) is 8.36. The van der Waals surface area contributed by atoms with E-state index in [9.17, 15) is 22.4 Å². The van der Waals surface area contributed by atoms with Crippen LogP contribution in [-0.2, 0) is 31.7 Å². The maximum atomic E-state index is 14.3. The number of nitrogens with one attached hydrogen (secondary N) is 1. The smallest absolute Gasteiger partial charge is 0.253 e. The van der Waals surface area contributed by atoms with E-state index in [1.807, 2.05) is 0 Å². The quantitative estimate of drug-likeness (QED) is 0.789. The van der Waals surface area contributed by atoms with Crippen molar-refractivity contribution in [2.75, 3.05) is 0 Å². The number of hydrogen-bond acceptors (Lipinski definition) is 4. The van der Waals surface area contributed by atoms with Crippen LogP contribution in [-0.4, -0.2) is 24.5 Å². The maximum Gasteiger partial charge on any atom is 0.253 e. The predicted molar refractivity (Wildman–Crippen MR) is 90.0 cm³/mol. The number of carbonyl (C=O) groups is 2. The van der Waals surface area contributed by atoms with Gasteiger partial charge >= 0.3 is 0 Å². The first-order valence-electron chi connectivity index (χ1n) is 7.68. The first-order chi connectivity index (χ1) is 12.3. The van der Waals surface area contributed by atoms with E-state index < -0.39 is 39.7 Å². The summed E-state index contributed by atoms with van der Waals surface area (Å²) < 4.78 is 41.3. The van der Waals surface area contributed by atoms with Gasteiger partial charge in [-0.15, -0.1) is 0 Å². The average Bonchev–Trinajstić information content (AvgIpc) is 2.98. The highest BCUT2D eigenvalue weighted by Gasteiger charge is 2.62. The molecule has 9 heteroatoms. The Morgan fingerprint density at radius 1 is 1.15 bits per heavy atom. The van der Waals surface area contributed by atoms with E-state index >= 15 is 0 Å². The lowest BCUT2D eigenvalue weighted by molar-refractivity contribution is -0.128. The number of carbonyl (C=O) groups excluding carboxylic acids is 2. The van der Waals surface area contributed by atoms with Crippen molar-refractivity contribution >= 4 is 33.4 Å². The Morgan fingerprint density at radius 3 is 2.54 bits per heavy atom. The van der Waals surface area contributed by atoms with Gasteiger partial charge in [0.25, 0.3) is 5.91 Å². The lowest BCUT2D eigenvalue weighted by Gasteiger charge is -2.30. The van der Waals surface area contributed by atoms with Crippen LogP contribution >= 0.6 is 11.6 Å². The van der Waals surface area contributed by atoms with Gasteiger partial charge in [-0.2, -0.15) is 4.31 Å². The van der Waals surface area contributed by atoms with Gasteiger partial charge in [0, 0.05) is 22.7 Å². The van der Waals surface area contributed by atoms with E-state index in [0.717, 1.165) is 10.4 Å². The van der Waals surface area contributed by atoms with E-state index in [-0.39, 0.29) is 27.5 Å². The molecular weight excluding hydrogens is 383 g/mol. The third-order valence-corrected chi connectivity index (χ3v) is 7.02. The monoisotopic (exact) mass is 394 g/mol. The molecule has 2 aromatic rings. The number of benzene rings is 2. The molecule has 1 saturated heterocycles. The highest BCUT2D eigenvalue weighted by atomic mass is 35.5. The van der Waals surface area contributed by atoms with Crippen molar-refractivity contribution in [3.8, 4) is 0 Å². The molecule has 4 rings (SSSR count). The third kappa shape index (κ3) is 2.16. The van der Waals surface area contributed by atoms with Gasteiger partial charge in [-0.3, -0.25) is 14.9 Å². The van der Waals surface area contributed by atoms with Crippen LogP contribution in [0, 0.1) is 5.82 Å². The molecule has 2 aliphatic rings. The standard InChI is InChI=1S/C17H12ClFN2O4S/c18-12-5-3-6-13(19)10(12)9-21-17(8-15(22)20-16(17)23)11-4-1-2-7-14(11)26(21,24)25/h1-7H,8-9H2,(H,20,22,23). The van der Waals surface area contributed by atoms with Crippen molar-refractivity contribution in [3.63, 3.8) is 0 Å². The fourth-order valence-corrected chi connectivity index (χ4v) is 5.72. The number of sulfonamides is 1. The zero-order valence-corrected chi connectivity index (χ0v) is 14.8. The van der Waals surface area contributed by atoms with Crippen molar-refractivity contribution in [3.05, 3.63) is 64.4 Å². The molecule has 134 valence electrons. The summed E-state index contributed by atoms with van der Waals surface area (Å²) in [5.41, 5.74) is -1.59. The molecule has 1 atom stereocenters. The molecule has 2 aromatic carbocycles. The molecule has 1 fully saturated rings. The SMILES string of the molecule is O=C1CC2(C(=O)N1)c1ccccc1S(=O)(=O)N2Cc1c(F)cccc1Cl. The Morgan fingerprint density at radius 2 is 1.88 bits per heavy atom. The summed E-state index contributed by atoms with van der Waals surface area (Å²) in [5, 5.41) is 2.20. The van der Waals surface area contributed by atoms with Crippen LogP contribution < -0.4 is 5.32 Å². The van der Waals surface area contributed by atoms with Crippen molar-refractivity contribution in [2.45, 2.75) is 23.4 Å². The fourth-order valence-electron chi connectivity index (χ4n) is 3.54.